The van der Waals surface area contributed by atoms with E-state index < -0.39 is 0 Å². The molecule has 1 atom stereocenters. The highest BCUT2D eigenvalue weighted by molar-refractivity contribution is 6.30. The Morgan fingerprint density at radius 1 is 1.39 bits per heavy atom. The third-order valence-electron chi connectivity index (χ3n) is 5.42. The van der Waals surface area contributed by atoms with E-state index in [1.54, 1.807) is 0 Å². The molecule has 1 aliphatic carbocycles. The largest absolute Gasteiger partial charge is 0.355 e. The lowest BCUT2D eigenvalue weighted by Gasteiger charge is -2.26. The Labute approximate surface area is 144 Å². The van der Waals surface area contributed by atoms with Gasteiger partial charge < -0.3 is 10.6 Å². The fraction of sp³-hybridized carbons (Fsp3) is 0.632. The zero-order valence-corrected chi connectivity index (χ0v) is 14.9. The van der Waals surface area contributed by atoms with Gasteiger partial charge in [0.2, 0.25) is 5.91 Å². The first-order valence-electron chi connectivity index (χ1n) is 8.63. The van der Waals surface area contributed by atoms with Crippen molar-refractivity contribution in [1.82, 2.24) is 10.6 Å². The Balaban J connectivity index is 1.50. The summed E-state index contributed by atoms with van der Waals surface area (Å²) in [6.07, 6.45) is 4.29. The van der Waals surface area contributed by atoms with Crippen LogP contribution in [0.15, 0.2) is 24.3 Å². The predicted molar refractivity (Wildman–Crippen MR) is 94.6 cm³/mol. The van der Waals surface area contributed by atoms with Gasteiger partial charge in [0.1, 0.15) is 0 Å². The Bertz CT molecular complexity index is 578. The molecule has 3 rings (SSSR count). The molecule has 126 valence electrons. The van der Waals surface area contributed by atoms with Gasteiger partial charge in [0.05, 0.1) is 0 Å². The van der Waals surface area contributed by atoms with E-state index in [2.05, 4.69) is 30.5 Å². The molecule has 1 spiro atoms. The number of rotatable bonds is 5. The second kappa shape index (κ2) is 6.45. The van der Waals surface area contributed by atoms with E-state index in [0.29, 0.717) is 12.0 Å². The highest BCUT2D eigenvalue weighted by Crippen LogP contribution is 2.58. The van der Waals surface area contributed by atoms with E-state index in [-0.39, 0.29) is 17.2 Å². The Morgan fingerprint density at radius 2 is 2.13 bits per heavy atom. The number of hydrogen-bond donors (Lipinski definition) is 2. The van der Waals surface area contributed by atoms with E-state index in [0.717, 1.165) is 43.8 Å². The summed E-state index contributed by atoms with van der Waals surface area (Å²) in [4.78, 5) is 12.5. The van der Waals surface area contributed by atoms with Gasteiger partial charge in [0.25, 0.3) is 0 Å². The molecule has 0 bridgehead atoms. The summed E-state index contributed by atoms with van der Waals surface area (Å²) in [6, 6.07) is 7.99. The van der Waals surface area contributed by atoms with Gasteiger partial charge in [-0.15, -0.1) is 0 Å². The third kappa shape index (κ3) is 4.07. The second-order valence-corrected chi connectivity index (χ2v) is 8.49. The minimum absolute atomic E-state index is 0.0243. The molecule has 2 fully saturated rings. The zero-order chi connectivity index (χ0) is 16.5. The van der Waals surface area contributed by atoms with E-state index in [1.165, 1.54) is 5.56 Å². The van der Waals surface area contributed by atoms with Crippen LogP contribution >= 0.6 is 11.6 Å². The lowest BCUT2D eigenvalue weighted by atomic mass is 9.85. The summed E-state index contributed by atoms with van der Waals surface area (Å²) in [5.41, 5.74) is 1.56. The van der Waals surface area contributed by atoms with Crippen molar-refractivity contribution in [2.75, 3.05) is 19.6 Å². The predicted octanol–water partition coefficient (Wildman–Crippen LogP) is 3.41. The summed E-state index contributed by atoms with van der Waals surface area (Å²) in [6.45, 7) is 7.22. The van der Waals surface area contributed by atoms with Crippen LogP contribution in [0.5, 0.6) is 0 Å². The average molecular weight is 335 g/mol. The summed E-state index contributed by atoms with van der Waals surface area (Å²) in [5.74, 6) is 0.498. The fourth-order valence-corrected chi connectivity index (χ4v) is 4.12. The number of amides is 1. The van der Waals surface area contributed by atoms with Gasteiger partial charge in [-0.05, 0) is 67.3 Å². The van der Waals surface area contributed by atoms with Crippen LogP contribution in [0.1, 0.15) is 38.7 Å². The number of carbonyl (C=O) groups is 1. The summed E-state index contributed by atoms with van der Waals surface area (Å²) in [7, 11) is 0. The van der Waals surface area contributed by atoms with E-state index in [4.69, 9.17) is 11.6 Å². The van der Waals surface area contributed by atoms with Gasteiger partial charge in [-0.2, -0.15) is 0 Å². The maximum absolute atomic E-state index is 12.5. The first-order chi connectivity index (χ1) is 10.9. The maximum Gasteiger partial charge on any atom is 0.223 e. The molecule has 4 heteroatoms. The lowest BCUT2D eigenvalue weighted by molar-refractivity contribution is -0.123. The van der Waals surface area contributed by atoms with Crippen LogP contribution in [-0.4, -0.2) is 25.5 Å². The molecule has 1 heterocycles. The Kier molecular flexibility index (Phi) is 4.70. The molecule has 1 aromatic carbocycles. The monoisotopic (exact) mass is 334 g/mol. The van der Waals surface area contributed by atoms with Crippen LogP contribution in [0, 0.1) is 16.7 Å². The minimum atomic E-state index is 0.0243. The number of benzene rings is 1. The molecule has 2 N–H and O–H groups in total. The normalized spacial score (nSPS) is 22.8. The smallest absolute Gasteiger partial charge is 0.223 e. The minimum Gasteiger partial charge on any atom is -0.355 e. The van der Waals surface area contributed by atoms with Crippen molar-refractivity contribution in [2.45, 2.75) is 39.5 Å². The quantitative estimate of drug-likeness (QED) is 0.866. The molecule has 3 nitrogen and oxygen atoms in total. The van der Waals surface area contributed by atoms with Crippen LogP contribution in [0.3, 0.4) is 0 Å². The van der Waals surface area contributed by atoms with Gasteiger partial charge in [-0.1, -0.05) is 37.6 Å². The molecular formula is C19H27ClN2O. The van der Waals surface area contributed by atoms with Crippen LogP contribution in [0.25, 0.3) is 0 Å². The van der Waals surface area contributed by atoms with Crippen LogP contribution < -0.4 is 10.6 Å². The Hall–Kier alpha value is -1.06. The van der Waals surface area contributed by atoms with E-state index >= 15 is 0 Å². The van der Waals surface area contributed by atoms with Crippen molar-refractivity contribution < 1.29 is 4.79 Å². The molecule has 1 unspecified atom stereocenters. The topological polar surface area (TPSA) is 41.1 Å². The van der Waals surface area contributed by atoms with Crippen molar-refractivity contribution in [2.24, 2.45) is 16.7 Å². The number of nitrogens with one attached hydrogen (secondary N) is 2. The molecule has 1 amide bonds. The van der Waals surface area contributed by atoms with Crippen molar-refractivity contribution in [3.8, 4) is 0 Å². The van der Waals surface area contributed by atoms with Crippen molar-refractivity contribution in [1.29, 1.82) is 0 Å². The number of halogens is 1. The van der Waals surface area contributed by atoms with E-state index in [9.17, 15) is 4.79 Å². The molecule has 1 saturated carbocycles. The molecule has 23 heavy (non-hydrogen) atoms. The third-order valence-corrected chi connectivity index (χ3v) is 5.65. The average Bonchev–Trinajstić information content (AvgIpc) is 3.18. The highest BCUT2D eigenvalue weighted by atomic mass is 35.5. The van der Waals surface area contributed by atoms with Crippen molar-refractivity contribution in [3.05, 3.63) is 34.9 Å². The zero-order valence-electron chi connectivity index (χ0n) is 14.1. The first kappa shape index (κ1) is 16.8. The van der Waals surface area contributed by atoms with Gasteiger partial charge in [-0.3, -0.25) is 4.79 Å². The molecule has 0 aromatic heterocycles. The van der Waals surface area contributed by atoms with Crippen LogP contribution in [0.2, 0.25) is 5.02 Å². The lowest BCUT2D eigenvalue weighted by Crippen LogP contribution is -2.38. The highest BCUT2D eigenvalue weighted by Gasteiger charge is 2.57. The molecule has 1 aromatic rings. The van der Waals surface area contributed by atoms with Gasteiger partial charge in [0, 0.05) is 17.5 Å². The molecule has 1 saturated heterocycles. The van der Waals surface area contributed by atoms with Crippen LogP contribution in [0.4, 0.5) is 0 Å². The Morgan fingerprint density at radius 3 is 2.83 bits per heavy atom. The van der Waals surface area contributed by atoms with Crippen molar-refractivity contribution >= 4 is 17.5 Å². The van der Waals surface area contributed by atoms with Gasteiger partial charge in [0.15, 0.2) is 0 Å². The molecule has 1 aliphatic heterocycles. The molecule has 0 radical (unpaired) electrons. The molecule has 2 aliphatic rings. The maximum atomic E-state index is 12.5. The SMILES string of the molecule is CC(C)(CNC(=O)C1CC12CCNCC2)Cc1cccc(Cl)c1. The standard InChI is InChI=1S/C19H27ClN2O/c1-18(2,11-14-4-3-5-15(20)10-14)13-22-17(23)16-12-19(16)6-8-21-9-7-19/h3-5,10,16,21H,6-9,11-13H2,1-2H3,(H,22,23). The first-order valence-corrected chi connectivity index (χ1v) is 9.01. The van der Waals surface area contributed by atoms with E-state index in [1.807, 2.05) is 18.2 Å². The fourth-order valence-electron chi connectivity index (χ4n) is 3.91. The summed E-state index contributed by atoms with van der Waals surface area (Å²) >= 11 is 6.06. The summed E-state index contributed by atoms with van der Waals surface area (Å²) < 4.78 is 0. The number of carbonyl (C=O) groups excluding carboxylic acids is 1. The number of hydrogen-bond acceptors (Lipinski definition) is 2. The van der Waals surface area contributed by atoms with Gasteiger partial charge in [-0.25, -0.2) is 0 Å². The summed E-state index contributed by atoms with van der Waals surface area (Å²) in [5, 5.41) is 7.36. The van der Waals surface area contributed by atoms with Crippen LogP contribution in [-0.2, 0) is 11.2 Å². The van der Waals surface area contributed by atoms with Crippen molar-refractivity contribution in [3.63, 3.8) is 0 Å². The second-order valence-electron chi connectivity index (χ2n) is 8.06. The number of piperidine rings is 1. The van der Waals surface area contributed by atoms with Gasteiger partial charge >= 0.3 is 0 Å². The molecular weight excluding hydrogens is 308 g/mol.